The lowest BCUT2D eigenvalue weighted by Crippen LogP contribution is -2.06. The largest absolute Gasteiger partial charge is 0.299 e. The third-order valence-corrected chi connectivity index (χ3v) is 4.34. The third-order valence-electron chi connectivity index (χ3n) is 4.34. The molecule has 1 aliphatic carbocycles. The number of carbonyl (C=O) groups is 1. The SMILES string of the molecule is C/C1=C/C=C(\C(C)C)CC/C(C)=C/CC[C@H](C)CC(=O)C1. The van der Waals surface area contributed by atoms with Crippen molar-refractivity contribution in [3.05, 3.63) is 34.9 Å². The maximum absolute atomic E-state index is 12.1. The number of ketones is 1. The van der Waals surface area contributed by atoms with Crippen LogP contribution in [-0.2, 0) is 4.79 Å². The van der Waals surface area contributed by atoms with Gasteiger partial charge in [-0.3, -0.25) is 4.79 Å². The van der Waals surface area contributed by atoms with Gasteiger partial charge in [0.05, 0.1) is 0 Å². The van der Waals surface area contributed by atoms with Crippen LogP contribution in [-0.4, -0.2) is 5.78 Å². The zero-order valence-corrected chi connectivity index (χ0v) is 14.5. The molecule has 0 spiro atoms. The molecule has 0 amide bonds. The van der Waals surface area contributed by atoms with Crippen molar-refractivity contribution in [2.75, 3.05) is 0 Å². The molecule has 0 bridgehead atoms. The number of Topliss-reactive ketones (excluding diaryl/α,β-unsaturated/α-hetero) is 1. The van der Waals surface area contributed by atoms with Crippen molar-refractivity contribution in [2.24, 2.45) is 11.8 Å². The maximum Gasteiger partial charge on any atom is 0.137 e. The summed E-state index contributed by atoms with van der Waals surface area (Å²) >= 11 is 0. The molecule has 0 aromatic heterocycles. The number of allylic oxidation sites excluding steroid dienone is 6. The summed E-state index contributed by atoms with van der Waals surface area (Å²) in [5.41, 5.74) is 4.16. The molecule has 0 saturated heterocycles. The van der Waals surface area contributed by atoms with E-state index in [9.17, 15) is 4.79 Å². The molecule has 0 heterocycles. The second-order valence-corrected chi connectivity index (χ2v) is 7.06. The minimum Gasteiger partial charge on any atom is -0.299 e. The predicted molar refractivity (Wildman–Crippen MR) is 92.3 cm³/mol. The van der Waals surface area contributed by atoms with Crippen LogP contribution in [0.15, 0.2) is 34.9 Å². The molecule has 1 aliphatic rings. The van der Waals surface area contributed by atoms with Crippen molar-refractivity contribution in [3.8, 4) is 0 Å². The fourth-order valence-electron chi connectivity index (χ4n) is 2.80. The average Bonchev–Trinajstić information content (AvgIpc) is 2.36. The Labute approximate surface area is 131 Å². The number of hydrogen-bond acceptors (Lipinski definition) is 1. The molecule has 0 saturated carbocycles. The second kappa shape index (κ2) is 9.02. The standard InChI is InChI=1S/C20H32O/c1-15(2)19-11-9-16(3)7-6-8-17(4)13-20(21)14-18(5)10-12-19/h7,10,12,15,17H,6,8-9,11,13-14H2,1-5H3/b16-7+,18-10-,19-12-/t17-/m0/s1. The van der Waals surface area contributed by atoms with Crippen molar-refractivity contribution in [3.63, 3.8) is 0 Å². The van der Waals surface area contributed by atoms with Crippen LogP contribution >= 0.6 is 0 Å². The molecule has 1 heteroatoms. The van der Waals surface area contributed by atoms with E-state index in [-0.39, 0.29) is 0 Å². The Morgan fingerprint density at radius 3 is 2.48 bits per heavy atom. The Bertz CT molecular complexity index is 435. The van der Waals surface area contributed by atoms with Crippen molar-refractivity contribution in [2.45, 2.75) is 73.1 Å². The van der Waals surface area contributed by atoms with Crippen LogP contribution < -0.4 is 0 Å². The van der Waals surface area contributed by atoms with Gasteiger partial charge in [-0.1, -0.05) is 55.7 Å². The molecule has 0 aliphatic heterocycles. The molecule has 118 valence electrons. The fraction of sp³-hybridized carbons (Fsp3) is 0.650. The van der Waals surface area contributed by atoms with E-state index in [1.807, 2.05) is 0 Å². The normalized spacial score (nSPS) is 30.7. The lowest BCUT2D eigenvalue weighted by Gasteiger charge is -2.13. The van der Waals surface area contributed by atoms with Crippen LogP contribution in [0.3, 0.4) is 0 Å². The summed E-state index contributed by atoms with van der Waals surface area (Å²) in [5.74, 6) is 1.46. The minimum absolute atomic E-state index is 0.383. The first-order valence-corrected chi connectivity index (χ1v) is 8.42. The third kappa shape index (κ3) is 7.45. The van der Waals surface area contributed by atoms with Gasteiger partial charge < -0.3 is 0 Å². The van der Waals surface area contributed by atoms with Gasteiger partial charge in [-0.25, -0.2) is 0 Å². The summed E-state index contributed by atoms with van der Waals surface area (Å²) in [6, 6.07) is 0. The van der Waals surface area contributed by atoms with Crippen molar-refractivity contribution in [1.82, 2.24) is 0 Å². The Morgan fingerprint density at radius 1 is 1.10 bits per heavy atom. The number of hydrogen-bond donors (Lipinski definition) is 0. The topological polar surface area (TPSA) is 17.1 Å². The van der Waals surface area contributed by atoms with Gasteiger partial charge in [-0.2, -0.15) is 0 Å². The molecule has 0 N–H and O–H groups in total. The van der Waals surface area contributed by atoms with E-state index >= 15 is 0 Å². The Hall–Kier alpha value is -1.11. The summed E-state index contributed by atoms with van der Waals surface area (Å²) in [7, 11) is 0. The molecular formula is C20H32O. The molecule has 0 unspecified atom stereocenters. The Balaban J connectivity index is 2.91. The molecule has 1 atom stereocenters. The monoisotopic (exact) mass is 288 g/mol. The highest BCUT2D eigenvalue weighted by Crippen LogP contribution is 2.22. The van der Waals surface area contributed by atoms with Crippen molar-refractivity contribution in [1.29, 1.82) is 0 Å². The van der Waals surface area contributed by atoms with Crippen molar-refractivity contribution >= 4 is 5.78 Å². The number of carbonyl (C=O) groups excluding carboxylic acids is 1. The zero-order chi connectivity index (χ0) is 15.8. The van der Waals surface area contributed by atoms with Gasteiger partial charge in [0.15, 0.2) is 0 Å². The minimum atomic E-state index is 0.383. The van der Waals surface area contributed by atoms with Gasteiger partial charge in [-0.15, -0.1) is 0 Å². The summed E-state index contributed by atoms with van der Waals surface area (Å²) < 4.78 is 0. The Kier molecular flexibility index (Phi) is 7.71. The van der Waals surface area contributed by atoms with Crippen LogP contribution in [0.4, 0.5) is 0 Å². The molecular weight excluding hydrogens is 256 g/mol. The molecule has 0 aromatic rings. The quantitative estimate of drug-likeness (QED) is 0.539. The molecule has 0 radical (unpaired) electrons. The van der Waals surface area contributed by atoms with E-state index in [4.69, 9.17) is 0 Å². The molecule has 21 heavy (non-hydrogen) atoms. The summed E-state index contributed by atoms with van der Waals surface area (Å²) in [5, 5.41) is 0. The number of rotatable bonds is 1. The van der Waals surface area contributed by atoms with E-state index in [1.165, 1.54) is 16.7 Å². The molecule has 0 aromatic carbocycles. The van der Waals surface area contributed by atoms with Crippen molar-refractivity contribution < 1.29 is 4.79 Å². The van der Waals surface area contributed by atoms with Crippen LogP contribution in [0.2, 0.25) is 0 Å². The van der Waals surface area contributed by atoms with E-state index in [2.05, 4.69) is 52.8 Å². The molecule has 0 fully saturated rings. The zero-order valence-electron chi connectivity index (χ0n) is 14.5. The van der Waals surface area contributed by atoms with Crippen LogP contribution in [0.25, 0.3) is 0 Å². The first-order valence-electron chi connectivity index (χ1n) is 8.42. The van der Waals surface area contributed by atoms with Gasteiger partial charge >= 0.3 is 0 Å². The summed E-state index contributed by atoms with van der Waals surface area (Å²) in [6.45, 7) is 11.0. The first kappa shape index (κ1) is 17.9. The van der Waals surface area contributed by atoms with Gasteiger partial charge in [0.25, 0.3) is 0 Å². The Morgan fingerprint density at radius 2 is 1.81 bits per heavy atom. The predicted octanol–water partition coefficient (Wildman–Crippen LogP) is 6.02. The van der Waals surface area contributed by atoms with Gasteiger partial charge in [0.1, 0.15) is 5.78 Å². The van der Waals surface area contributed by atoms with Crippen LogP contribution in [0.5, 0.6) is 0 Å². The molecule has 1 rings (SSSR count). The van der Waals surface area contributed by atoms with E-state index < -0.39 is 0 Å². The maximum atomic E-state index is 12.1. The smallest absolute Gasteiger partial charge is 0.137 e. The second-order valence-electron chi connectivity index (χ2n) is 7.06. The summed E-state index contributed by atoms with van der Waals surface area (Å²) in [4.78, 5) is 12.1. The lowest BCUT2D eigenvalue weighted by molar-refractivity contribution is -0.119. The first-order chi connectivity index (χ1) is 9.88. The van der Waals surface area contributed by atoms with Gasteiger partial charge in [0.2, 0.25) is 0 Å². The highest BCUT2D eigenvalue weighted by atomic mass is 16.1. The van der Waals surface area contributed by atoms with E-state index in [0.29, 0.717) is 24.0 Å². The fourth-order valence-corrected chi connectivity index (χ4v) is 2.80. The summed E-state index contributed by atoms with van der Waals surface area (Å²) in [6.07, 6.45) is 12.6. The van der Waals surface area contributed by atoms with Gasteiger partial charge in [0, 0.05) is 12.8 Å². The lowest BCUT2D eigenvalue weighted by atomic mass is 9.92. The van der Waals surface area contributed by atoms with E-state index in [1.54, 1.807) is 0 Å². The van der Waals surface area contributed by atoms with E-state index in [0.717, 1.165) is 32.1 Å². The van der Waals surface area contributed by atoms with Crippen LogP contribution in [0, 0.1) is 11.8 Å². The van der Waals surface area contributed by atoms with Crippen LogP contribution in [0.1, 0.15) is 73.1 Å². The highest BCUT2D eigenvalue weighted by molar-refractivity contribution is 5.80. The molecule has 1 nitrogen and oxygen atoms in total. The average molecular weight is 288 g/mol. The van der Waals surface area contributed by atoms with Gasteiger partial charge in [-0.05, 0) is 51.4 Å². The highest BCUT2D eigenvalue weighted by Gasteiger charge is 2.10.